The molecule has 138 valence electrons. The summed E-state index contributed by atoms with van der Waals surface area (Å²) in [5, 5.41) is 0. The first-order valence-corrected chi connectivity index (χ1v) is 10.9. The summed E-state index contributed by atoms with van der Waals surface area (Å²) in [6, 6.07) is 1.50. The summed E-state index contributed by atoms with van der Waals surface area (Å²) in [5.41, 5.74) is 0.348. The number of aromatic nitrogens is 2. The van der Waals surface area contributed by atoms with Crippen LogP contribution in [0.1, 0.15) is 49.5 Å². The molecule has 2 aliphatic heterocycles. The first kappa shape index (κ1) is 18.1. The molecule has 1 aromatic rings. The highest BCUT2D eigenvalue weighted by Gasteiger charge is 2.34. The maximum absolute atomic E-state index is 12.9. The third kappa shape index (κ3) is 4.29. The third-order valence-electron chi connectivity index (χ3n) is 5.05. The van der Waals surface area contributed by atoms with Gasteiger partial charge in [0.05, 0.1) is 11.5 Å². The Morgan fingerprint density at radius 1 is 1.24 bits per heavy atom. The molecule has 0 aromatic carbocycles. The van der Waals surface area contributed by atoms with E-state index in [1.807, 2.05) is 6.92 Å². The molecule has 2 saturated heterocycles. The summed E-state index contributed by atoms with van der Waals surface area (Å²) >= 11 is 0. The highest BCUT2D eigenvalue weighted by Crippen LogP contribution is 2.21. The van der Waals surface area contributed by atoms with E-state index in [0.29, 0.717) is 18.7 Å². The maximum atomic E-state index is 12.9. The average Bonchev–Trinajstić information content (AvgIpc) is 2.80. The number of carbonyl (C=O) groups is 1. The van der Waals surface area contributed by atoms with Crippen molar-refractivity contribution in [2.24, 2.45) is 0 Å². The van der Waals surface area contributed by atoms with Crippen LogP contribution in [0.3, 0.4) is 0 Å². The van der Waals surface area contributed by atoms with Crippen LogP contribution in [0.15, 0.2) is 12.4 Å². The standard InChI is InChI=1S/C17H26N4O3S/c1-2-21(14-7-10-25(23,24)12-14)17(22)15-11-16(19-13-18-15)20-8-5-3-4-6-9-20/h11,13-14H,2-10,12H2,1H3. The topological polar surface area (TPSA) is 83.5 Å². The Labute approximate surface area is 149 Å². The van der Waals surface area contributed by atoms with Crippen LogP contribution in [-0.4, -0.2) is 66.4 Å². The monoisotopic (exact) mass is 366 g/mol. The number of rotatable bonds is 4. The molecule has 0 N–H and O–H groups in total. The van der Waals surface area contributed by atoms with Crippen LogP contribution >= 0.6 is 0 Å². The molecule has 25 heavy (non-hydrogen) atoms. The highest BCUT2D eigenvalue weighted by atomic mass is 32.2. The van der Waals surface area contributed by atoms with Crippen molar-refractivity contribution in [3.05, 3.63) is 18.1 Å². The third-order valence-corrected chi connectivity index (χ3v) is 6.80. The second kappa shape index (κ2) is 7.68. The lowest BCUT2D eigenvalue weighted by atomic mass is 10.2. The van der Waals surface area contributed by atoms with E-state index in [1.165, 1.54) is 19.2 Å². The van der Waals surface area contributed by atoms with Gasteiger partial charge in [-0.1, -0.05) is 12.8 Å². The molecule has 8 heteroatoms. The summed E-state index contributed by atoms with van der Waals surface area (Å²) < 4.78 is 23.5. The van der Waals surface area contributed by atoms with Gasteiger partial charge in [0.25, 0.3) is 5.91 Å². The fourth-order valence-corrected chi connectivity index (χ4v) is 5.40. The fourth-order valence-electron chi connectivity index (χ4n) is 3.67. The van der Waals surface area contributed by atoms with E-state index in [-0.39, 0.29) is 23.5 Å². The van der Waals surface area contributed by atoms with Crippen molar-refractivity contribution in [1.29, 1.82) is 0 Å². The molecular weight excluding hydrogens is 340 g/mol. The van der Waals surface area contributed by atoms with E-state index in [0.717, 1.165) is 31.7 Å². The Balaban J connectivity index is 1.78. The van der Waals surface area contributed by atoms with Gasteiger partial charge in [-0.3, -0.25) is 4.79 Å². The number of sulfone groups is 1. The predicted octanol–water partition coefficient (Wildman–Crippen LogP) is 1.51. The van der Waals surface area contributed by atoms with Gasteiger partial charge < -0.3 is 9.80 Å². The minimum absolute atomic E-state index is 0.0522. The Hall–Kier alpha value is -1.70. The summed E-state index contributed by atoms with van der Waals surface area (Å²) in [4.78, 5) is 25.2. The smallest absolute Gasteiger partial charge is 0.272 e. The zero-order valence-electron chi connectivity index (χ0n) is 14.7. The molecule has 0 saturated carbocycles. The van der Waals surface area contributed by atoms with Gasteiger partial charge >= 0.3 is 0 Å². The van der Waals surface area contributed by atoms with E-state index in [2.05, 4.69) is 14.9 Å². The lowest BCUT2D eigenvalue weighted by molar-refractivity contribution is 0.0702. The van der Waals surface area contributed by atoms with Crippen molar-refractivity contribution < 1.29 is 13.2 Å². The number of amides is 1. The Bertz CT molecular complexity index is 714. The van der Waals surface area contributed by atoms with Crippen molar-refractivity contribution in [2.75, 3.05) is 36.0 Å². The van der Waals surface area contributed by atoms with Gasteiger partial charge in [0.2, 0.25) is 0 Å². The molecule has 2 fully saturated rings. The van der Waals surface area contributed by atoms with Crippen molar-refractivity contribution in [3.8, 4) is 0 Å². The molecule has 0 bridgehead atoms. The number of nitrogens with zero attached hydrogens (tertiary/aromatic N) is 4. The summed E-state index contributed by atoms with van der Waals surface area (Å²) in [6.07, 6.45) is 6.67. The minimum atomic E-state index is -3.03. The van der Waals surface area contributed by atoms with Crippen molar-refractivity contribution in [3.63, 3.8) is 0 Å². The molecule has 0 spiro atoms. The van der Waals surface area contributed by atoms with Crippen LogP contribution in [0.25, 0.3) is 0 Å². The molecule has 0 radical (unpaired) electrons. The summed E-state index contributed by atoms with van der Waals surface area (Å²) in [7, 11) is -3.03. The number of hydrogen-bond acceptors (Lipinski definition) is 6. The maximum Gasteiger partial charge on any atom is 0.272 e. The summed E-state index contributed by atoms with van der Waals surface area (Å²) in [5.74, 6) is 0.791. The molecule has 1 unspecified atom stereocenters. The Morgan fingerprint density at radius 3 is 2.56 bits per heavy atom. The van der Waals surface area contributed by atoms with Crippen molar-refractivity contribution in [1.82, 2.24) is 14.9 Å². The highest BCUT2D eigenvalue weighted by molar-refractivity contribution is 7.91. The van der Waals surface area contributed by atoms with Crippen LogP contribution < -0.4 is 4.90 Å². The molecule has 1 aromatic heterocycles. The van der Waals surface area contributed by atoms with Gasteiger partial charge in [0.1, 0.15) is 17.8 Å². The van der Waals surface area contributed by atoms with Gasteiger partial charge in [-0.2, -0.15) is 0 Å². The van der Waals surface area contributed by atoms with E-state index >= 15 is 0 Å². The van der Waals surface area contributed by atoms with Gasteiger partial charge in [-0.25, -0.2) is 18.4 Å². The SMILES string of the molecule is CCN(C(=O)c1cc(N2CCCCCC2)ncn1)C1CCS(=O)(=O)C1. The van der Waals surface area contributed by atoms with Crippen LogP contribution in [0, 0.1) is 0 Å². The normalized spacial score (nSPS) is 23.2. The number of hydrogen-bond donors (Lipinski definition) is 0. The van der Waals surface area contributed by atoms with Gasteiger partial charge in [0, 0.05) is 31.7 Å². The molecule has 3 heterocycles. The molecule has 3 rings (SSSR count). The summed E-state index contributed by atoms with van der Waals surface area (Å²) in [6.45, 7) is 4.24. The molecule has 7 nitrogen and oxygen atoms in total. The van der Waals surface area contributed by atoms with Gasteiger partial charge in [-0.15, -0.1) is 0 Å². The van der Waals surface area contributed by atoms with Crippen molar-refractivity contribution >= 4 is 21.6 Å². The lowest BCUT2D eigenvalue weighted by Crippen LogP contribution is -2.41. The van der Waals surface area contributed by atoms with E-state index in [4.69, 9.17) is 0 Å². The van der Waals surface area contributed by atoms with Gasteiger partial charge in [-0.05, 0) is 26.2 Å². The lowest BCUT2D eigenvalue weighted by Gasteiger charge is -2.27. The second-order valence-electron chi connectivity index (χ2n) is 6.81. The molecular formula is C17H26N4O3S. The van der Waals surface area contributed by atoms with E-state index in [1.54, 1.807) is 11.0 Å². The quantitative estimate of drug-likeness (QED) is 0.803. The predicted molar refractivity (Wildman–Crippen MR) is 96.5 cm³/mol. The largest absolute Gasteiger partial charge is 0.357 e. The van der Waals surface area contributed by atoms with E-state index in [9.17, 15) is 13.2 Å². The molecule has 2 aliphatic rings. The van der Waals surface area contributed by atoms with E-state index < -0.39 is 9.84 Å². The fraction of sp³-hybridized carbons (Fsp3) is 0.706. The number of anilines is 1. The van der Waals surface area contributed by atoms with Crippen LogP contribution in [0.5, 0.6) is 0 Å². The zero-order chi connectivity index (χ0) is 17.9. The molecule has 1 atom stereocenters. The van der Waals surface area contributed by atoms with Gasteiger partial charge in [0.15, 0.2) is 9.84 Å². The Kier molecular flexibility index (Phi) is 5.56. The first-order valence-electron chi connectivity index (χ1n) is 9.08. The Morgan fingerprint density at radius 2 is 1.96 bits per heavy atom. The minimum Gasteiger partial charge on any atom is -0.357 e. The zero-order valence-corrected chi connectivity index (χ0v) is 15.5. The van der Waals surface area contributed by atoms with Crippen LogP contribution in [0.4, 0.5) is 5.82 Å². The number of carbonyl (C=O) groups excluding carboxylic acids is 1. The second-order valence-corrected chi connectivity index (χ2v) is 9.04. The molecule has 0 aliphatic carbocycles. The van der Waals surface area contributed by atoms with Crippen molar-refractivity contribution in [2.45, 2.75) is 45.1 Å². The van der Waals surface area contributed by atoms with Crippen LogP contribution in [-0.2, 0) is 9.84 Å². The average molecular weight is 366 g/mol. The van der Waals surface area contributed by atoms with Crippen LogP contribution in [0.2, 0.25) is 0 Å². The molecule has 1 amide bonds. The first-order chi connectivity index (χ1) is 12.0.